The van der Waals surface area contributed by atoms with Gasteiger partial charge in [-0.2, -0.15) is 0 Å². The number of hydrogen-bond donors (Lipinski definition) is 1. The van der Waals surface area contributed by atoms with Crippen LogP contribution in [0.15, 0.2) is 36.4 Å². The van der Waals surface area contributed by atoms with E-state index in [9.17, 15) is 9.18 Å². The Kier molecular flexibility index (Phi) is 5.79. The molecule has 1 amide bonds. The molecule has 0 atom stereocenters. The topological polar surface area (TPSA) is 38.3 Å². The number of halogens is 1. The smallest absolute Gasteiger partial charge is 0.257 e. The maximum atomic E-state index is 12.8. The van der Waals surface area contributed by atoms with E-state index in [2.05, 4.69) is 5.32 Å². The summed E-state index contributed by atoms with van der Waals surface area (Å²) in [5.41, 5.74) is 0. The van der Waals surface area contributed by atoms with Crippen LogP contribution < -0.4 is 10.1 Å². The Morgan fingerprint density at radius 1 is 1.53 bits per heavy atom. The van der Waals surface area contributed by atoms with Crippen molar-refractivity contribution in [3.63, 3.8) is 0 Å². The van der Waals surface area contributed by atoms with E-state index in [0.717, 1.165) is 6.42 Å². The molecule has 17 heavy (non-hydrogen) atoms. The second-order valence-electron chi connectivity index (χ2n) is 3.45. The molecule has 1 aromatic rings. The molecular formula is C13H16FNO2. The maximum Gasteiger partial charge on any atom is 0.257 e. The number of carbonyl (C=O) groups excluding carboxylic acids is 1. The average Bonchev–Trinajstić information content (AvgIpc) is 2.32. The van der Waals surface area contributed by atoms with Crippen molar-refractivity contribution in [1.29, 1.82) is 0 Å². The van der Waals surface area contributed by atoms with Gasteiger partial charge >= 0.3 is 0 Å². The quantitative estimate of drug-likeness (QED) is 0.609. The van der Waals surface area contributed by atoms with Crippen molar-refractivity contribution in [3.8, 4) is 5.75 Å². The molecule has 92 valence electrons. The second kappa shape index (κ2) is 7.44. The van der Waals surface area contributed by atoms with Crippen LogP contribution in [0.3, 0.4) is 0 Å². The molecule has 0 bridgehead atoms. The van der Waals surface area contributed by atoms with Crippen LogP contribution in [0.1, 0.15) is 13.3 Å². The molecule has 0 unspecified atom stereocenters. The summed E-state index contributed by atoms with van der Waals surface area (Å²) in [5, 5.41) is 2.69. The molecule has 1 N–H and O–H groups in total. The molecule has 0 heterocycles. The fourth-order valence-electron chi connectivity index (χ4n) is 1.22. The van der Waals surface area contributed by atoms with Crippen LogP contribution in [-0.2, 0) is 4.79 Å². The summed E-state index contributed by atoms with van der Waals surface area (Å²) in [6.07, 6.45) is 4.69. The van der Waals surface area contributed by atoms with Crippen molar-refractivity contribution in [2.24, 2.45) is 0 Å². The van der Waals surface area contributed by atoms with Gasteiger partial charge in [0.2, 0.25) is 0 Å². The molecule has 0 radical (unpaired) electrons. The predicted octanol–water partition coefficient (Wildman–Crippen LogP) is 2.29. The van der Waals surface area contributed by atoms with Gasteiger partial charge < -0.3 is 10.1 Å². The Hall–Kier alpha value is -1.84. The van der Waals surface area contributed by atoms with Crippen LogP contribution >= 0.6 is 0 Å². The third-order valence-electron chi connectivity index (χ3n) is 2.03. The zero-order valence-electron chi connectivity index (χ0n) is 9.78. The molecule has 0 fully saturated rings. The Morgan fingerprint density at radius 2 is 2.35 bits per heavy atom. The molecule has 0 spiro atoms. The van der Waals surface area contributed by atoms with Crippen LogP contribution in [0, 0.1) is 5.82 Å². The van der Waals surface area contributed by atoms with Crippen LogP contribution in [0.2, 0.25) is 0 Å². The highest BCUT2D eigenvalue weighted by Gasteiger charge is 2.02. The van der Waals surface area contributed by atoms with E-state index in [1.807, 2.05) is 19.1 Å². The zero-order valence-corrected chi connectivity index (χ0v) is 9.78. The summed E-state index contributed by atoms with van der Waals surface area (Å²) in [7, 11) is 0. The fraction of sp³-hybridized carbons (Fsp3) is 0.308. The lowest BCUT2D eigenvalue weighted by Crippen LogP contribution is -2.29. The van der Waals surface area contributed by atoms with Gasteiger partial charge in [-0.15, -0.1) is 0 Å². The van der Waals surface area contributed by atoms with Crippen LogP contribution in [-0.4, -0.2) is 19.1 Å². The summed E-state index contributed by atoms with van der Waals surface area (Å²) >= 11 is 0. The minimum absolute atomic E-state index is 0.0979. The van der Waals surface area contributed by atoms with Gasteiger partial charge in [-0.1, -0.05) is 18.2 Å². The molecule has 0 aliphatic heterocycles. The molecule has 1 rings (SSSR count). The lowest BCUT2D eigenvalue weighted by atomic mass is 10.3. The summed E-state index contributed by atoms with van der Waals surface area (Å²) in [4.78, 5) is 11.3. The number of hydrogen-bond acceptors (Lipinski definition) is 2. The zero-order chi connectivity index (χ0) is 12.5. The molecule has 0 aliphatic rings. The van der Waals surface area contributed by atoms with Gasteiger partial charge in [0.1, 0.15) is 11.6 Å². The van der Waals surface area contributed by atoms with Gasteiger partial charge in [-0.05, 0) is 25.5 Å². The normalized spacial score (nSPS) is 10.5. The number of allylic oxidation sites excluding steroid dienone is 1. The number of rotatable bonds is 6. The van der Waals surface area contributed by atoms with E-state index in [0.29, 0.717) is 12.3 Å². The number of nitrogens with one attached hydrogen (secondary N) is 1. The summed E-state index contributed by atoms with van der Waals surface area (Å²) < 4.78 is 17.9. The third-order valence-corrected chi connectivity index (χ3v) is 2.03. The molecule has 0 aliphatic carbocycles. The summed E-state index contributed by atoms with van der Waals surface area (Å²) in [6.45, 7) is 2.41. The Balaban J connectivity index is 2.24. The molecule has 0 saturated carbocycles. The highest BCUT2D eigenvalue weighted by molar-refractivity contribution is 5.77. The van der Waals surface area contributed by atoms with Crippen molar-refractivity contribution in [2.45, 2.75) is 13.3 Å². The average molecular weight is 237 g/mol. The Morgan fingerprint density at radius 3 is 3.06 bits per heavy atom. The van der Waals surface area contributed by atoms with E-state index in [4.69, 9.17) is 4.74 Å². The lowest BCUT2D eigenvalue weighted by Gasteiger charge is -2.06. The first-order valence-electron chi connectivity index (χ1n) is 5.48. The minimum Gasteiger partial charge on any atom is -0.484 e. The van der Waals surface area contributed by atoms with Crippen molar-refractivity contribution in [3.05, 3.63) is 42.2 Å². The Labute approximate surface area is 100 Å². The highest BCUT2D eigenvalue weighted by atomic mass is 19.1. The first kappa shape index (κ1) is 13.2. The van der Waals surface area contributed by atoms with Gasteiger partial charge in [0.15, 0.2) is 6.61 Å². The standard InChI is InChI=1S/C13H16FNO2/c1-2-3-4-8-15-13(16)10-17-12-7-5-6-11(14)9-12/h2-3,5-7,9H,4,8,10H2,1H3,(H,15,16)/b3-2+. The largest absolute Gasteiger partial charge is 0.484 e. The molecule has 4 heteroatoms. The molecular weight excluding hydrogens is 221 g/mol. The van der Waals surface area contributed by atoms with Gasteiger partial charge in [-0.3, -0.25) is 4.79 Å². The predicted molar refractivity (Wildman–Crippen MR) is 64.3 cm³/mol. The SMILES string of the molecule is C/C=C/CCNC(=O)COc1cccc(F)c1. The van der Waals surface area contributed by atoms with Crippen LogP contribution in [0.4, 0.5) is 4.39 Å². The van der Waals surface area contributed by atoms with Crippen molar-refractivity contribution < 1.29 is 13.9 Å². The third kappa shape index (κ3) is 5.70. The monoisotopic (exact) mass is 237 g/mol. The first-order chi connectivity index (χ1) is 8.22. The number of benzene rings is 1. The van der Waals surface area contributed by atoms with Crippen molar-refractivity contribution >= 4 is 5.91 Å². The Bertz CT molecular complexity index is 391. The van der Waals surface area contributed by atoms with Gasteiger partial charge in [0.25, 0.3) is 5.91 Å². The first-order valence-corrected chi connectivity index (χ1v) is 5.48. The molecule has 3 nitrogen and oxygen atoms in total. The number of amides is 1. The number of ether oxygens (including phenoxy) is 1. The van der Waals surface area contributed by atoms with Gasteiger partial charge in [-0.25, -0.2) is 4.39 Å². The summed E-state index contributed by atoms with van der Waals surface area (Å²) in [6, 6.07) is 5.71. The van der Waals surface area contributed by atoms with Crippen LogP contribution in [0.25, 0.3) is 0 Å². The van der Waals surface area contributed by atoms with Crippen LogP contribution in [0.5, 0.6) is 5.75 Å². The highest BCUT2D eigenvalue weighted by Crippen LogP contribution is 2.11. The van der Waals surface area contributed by atoms with Crippen molar-refractivity contribution in [2.75, 3.05) is 13.2 Å². The number of carbonyl (C=O) groups is 1. The minimum atomic E-state index is -0.379. The van der Waals surface area contributed by atoms with E-state index < -0.39 is 0 Å². The molecule has 1 aromatic carbocycles. The van der Waals surface area contributed by atoms with E-state index in [1.54, 1.807) is 6.07 Å². The fourth-order valence-corrected chi connectivity index (χ4v) is 1.22. The summed E-state index contributed by atoms with van der Waals surface area (Å²) in [5.74, 6) is -0.233. The van der Waals surface area contributed by atoms with Gasteiger partial charge in [0.05, 0.1) is 0 Å². The maximum absolute atomic E-state index is 12.8. The van der Waals surface area contributed by atoms with E-state index in [-0.39, 0.29) is 18.3 Å². The second-order valence-corrected chi connectivity index (χ2v) is 3.45. The van der Waals surface area contributed by atoms with Crippen molar-refractivity contribution in [1.82, 2.24) is 5.32 Å². The van der Waals surface area contributed by atoms with Gasteiger partial charge in [0, 0.05) is 12.6 Å². The van der Waals surface area contributed by atoms with E-state index >= 15 is 0 Å². The lowest BCUT2D eigenvalue weighted by molar-refractivity contribution is -0.123. The molecule has 0 aromatic heterocycles. The molecule has 0 saturated heterocycles. The van der Waals surface area contributed by atoms with E-state index in [1.165, 1.54) is 18.2 Å².